The third kappa shape index (κ3) is 1.78. The molecule has 18 heavy (non-hydrogen) atoms. The van der Waals surface area contributed by atoms with Crippen molar-refractivity contribution >= 4 is 5.97 Å². The van der Waals surface area contributed by atoms with E-state index in [9.17, 15) is 4.79 Å². The summed E-state index contributed by atoms with van der Waals surface area (Å²) in [7, 11) is 0. The Morgan fingerprint density at radius 2 is 1.72 bits per heavy atom. The van der Waals surface area contributed by atoms with E-state index in [2.05, 4.69) is 0 Å². The zero-order valence-electron chi connectivity index (χ0n) is 9.37. The lowest BCUT2D eigenvalue weighted by Gasteiger charge is -2.09. The van der Waals surface area contributed by atoms with Crippen LogP contribution in [0.25, 0.3) is 0 Å². The summed E-state index contributed by atoms with van der Waals surface area (Å²) in [4.78, 5) is 10.9. The highest BCUT2D eigenvalue weighted by molar-refractivity contribution is 5.88. The molecule has 0 spiro atoms. The lowest BCUT2D eigenvalue weighted by atomic mass is 10.2. The van der Waals surface area contributed by atoms with Gasteiger partial charge in [0.15, 0.2) is 11.5 Å². The van der Waals surface area contributed by atoms with E-state index in [-0.39, 0.29) is 5.56 Å². The van der Waals surface area contributed by atoms with E-state index in [1.807, 2.05) is 30.3 Å². The largest absolute Gasteiger partial charge is 0.478 e. The molecule has 90 valence electrons. The molecule has 0 saturated carbocycles. The van der Waals surface area contributed by atoms with Gasteiger partial charge in [0.05, 0.1) is 5.56 Å². The van der Waals surface area contributed by atoms with Crippen molar-refractivity contribution < 1.29 is 19.4 Å². The summed E-state index contributed by atoms with van der Waals surface area (Å²) >= 11 is 0. The number of hydrogen-bond donors (Lipinski definition) is 1. The Morgan fingerprint density at radius 3 is 2.44 bits per heavy atom. The van der Waals surface area contributed by atoms with Crippen molar-refractivity contribution in [2.45, 2.75) is 6.29 Å². The normalized spacial score (nSPS) is 16.6. The highest BCUT2D eigenvalue weighted by atomic mass is 16.7. The second-order valence-corrected chi connectivity index (χ2v) is 3.94. The molecule has 4 heteroatoms. The molecule has 2 aromatic carbocycles. The van der Waals surface area contributed by atoms with Crippen molar-refractivity contribution in [2.24, 2.45) is 0 Å². The van der Waals surface area contributed by atoms with E-state index < -0.39 is 12.3 Å². The molecule has 0 bridgehead atoms. The monoisotopic (exact) mass is 242 g/mol. The molecule has 1 unspecified atom stereocenters. The summed E-state index contributed by atoms with van der Waals surface area (Å²) in [5, 5.41) is 8.90. The standard InChI is InChI=1S/C14H10O4/c15-13(16)10-6-7-11-12(8-10)18-14(17-11)9-4-2-1-3-5-9/h1-8,14H,(H,15,16). The molecule has 0 fully saturated rings. The van der Waals surface area contributed by atoms with Crippen LogP contribution in [0.4, 0.5) is 0 Å². The van der Waals surface area contributed by atoms with Crippen molar-refractivity contribution in [3.8, 4) is 11.5 Å². The summed E-state index contributed by atoms with van der Waals surface area (Å²) in [5.74, 6) is 0.0437. The van der Waals surface area contributed by atoms with Crippen LogP contribution in [0.15, 0.2) is 48.5 Å². The first-order valence-corrected chi connectivity index (χ1v) is 5.49. The fraction of sp³-hybridized carbons (Fsp3) is 0.0714. The summed E-state index contributed by atoms with van der Waals surface area (Å²) < 4.78 is 11.2. The first-order chi connectivity index (χ1) is 8.74. The zero-order chi connectivity index (χ0) is 12.5. The molecule has 1 heterocycles. The third-order valence-corrected chi connectivity index (χ3v) is 2.73. The Kier molecular flexibility index (Phi) is 2.41. The highest BCUT2D eigenvalue weighted by Gasteiger charge is 2.26. The maximum atomic E-state index is 10.9. The van der Waals surface area contributed by atoms with E-state index in [4.69, 9.17) is 14.6 Å². The van der Waals surface area contributed by atoms with E-state index in [0.717, 1.165) is 5.56 Å². The Balaban J connectivity index is 1.90. The van der Waals surface area contributed by atoms with Gasteiger partial charge in [-0.3, -0.25) is 0 Å². The van der Waals surface area contributed by atoms with Crippen LogP contribution in [0.5, 0.6) is 11.5 Å². The topological polar surface area (TPSA) is 55.8 Å². The van der Waals surface area contributed by atoms with Crippen molar-refractivity contribution in [2.75, 3.05) is 0 Å². The molecular formula is C14H10O4. The molecule has 0 radical (unpaired) electrons. The molecule has 4 nitrogen and oxygen atoms in total. The smallest absolute Gasteiger partial charge is 0.335 e. The number of carboxylic acids is 1. The molecule has 0 saturated heterocycles. The molecule has 2 aromatic rings. The van der Waals surface area contributed by atoms with Crippen LogP contribution < -0.4 is 9.47 Å². The molecule has 0 aliphatic carbocycles. The van der Waals surface area contributed by atoms with E-state index >= 15 is 0 Å². The van der Waals surface area contributed by atoms with Crippen molar-refractivity contribution in [1.82, 2.24) is 0 Å². The first-order valence-electron chi connectivity index (χ1n) is 5.49. The average Bonchev–Trinajstić information content (AvgIpc) is 2.82. The Bertz CT molecular complexity index is 592. The lowest BCUT2D eigenvalue weighted by molar-refractivity contribution is 0.0485. The summed E-state index contributed by atoms with van der Waals surface area (Å²) in [6, 6.07) is 14.1. The van der Waals surface area contributed by atoms with Crippen LogP contribution in [0.2, 0.25) is 0 Å². The van der Waals surface area contributed by atoms with Crippen LogP contribution >= 0.6 is 0 Å². The predicted octanol–water partition coefficient (Wildman–Crippen LogP) is 2.85. The fourth-order valence-electron chi connectivity index (χ4n) is 1.83. The number of aromatic carboxylic acids is 1. The molecule has 1 atom stereocenters. The number of ether oxygens (including phenoxy) is 2. The van der Waals surface area contributed by atoms with Gasteiger partial charge in [-0.25, -0.2) is 4.79 Å². The van der Waals surface area contributed by atoms with Crippen LogP contribution in [0.3, 0.4) is 0 Å². The minimum absolute atomic E-state index is 0.186. The van der Waals surface area contributed by atoms with Gasteiger partial charge in [-0.1, -0.05) is 30.3 Å². The van der Waals surface area contributed by atoms with Gasteiger partial charge >= 0.3 is 5.97 Å². The SMILES string of the molecule is O=C(O)c1ccc2c(c1)OC(c1ccccc1)O2. The van der Waals surface area contributed by atoms with E-state index in [1.165, 1.54) is 12.1 Å². The predicted molar refractivity (Wildman–Crippen MR) is 63.8 cm³/mol. The average molecular weight is 242 g/mol. The summed E-state index contributed by atoms with van der Waals surface area (Å²) in [6.07, 6.45) is -0.509. The number of fused-ring (bicyclic) bond motifs is 1. The van der Waals surface area contributed by atoms with Gasteiger partial charge in [-0.15, -0.1) is 0 Å². The number of hydrogen-bond acceptors (Lipinski definition) is 3. The van der Waals surface area contributed by atoms with Crippen LogP contribution in [0, 0.1) is 0 Å². The second-order valence-electron chi connectivity index (χ2n) is 3.94. The highest BCUT2D eigenvalue weighted by Crippen LogP contribution is 2.40. The Hall–Kier alpha value is -2.49. The van der Waals surface area contributed by atoms with Gasteiger partial charge in [-0.2, -0.15) is 0 Å². The fourth-order valence-corrected chi connectivity index (χ4v) is 1.83. The summed E-state index contributed by atoms with van der Waals surface area (Å²) in [6.45, 7) is 0. The maximum Gasteiger partial charge on any atom is 0.335 e. The van der Waals surface area contributed by atoms with Gasteiger partial charge in [-0.05, 0) is 18.2 Å². The minimum atomic E-state index is -0.982. The van der Waals surface area contributed by atoms with Gasteiger partial charge in [0.1, 0.15) is 0 Å². The molecule has 3 rings (SSSR count). The Morgan fingerprint density at radius 1 is 1.00 bits per heavy atom. The molecule has 1 N–H and O–H groups in total. The number of carboxylic acid groups (broad SMARTS) is 1. The van der Waals surface area contributed by atoms with Crippen molar-refractivity contribution in [1.29, 1.82) is 0 Å². The number of rotatable bonds is 2. The second kappa shape index (κ2) is 4.07. The number of carbonyl (C=O) groups is 1. The number of benzene rings is 2. The molecule has 0 aromatic heterocycles. The van der Waals surface area contributed by atoms with Gasteiger partial charge in [0.2, 0.25) is 0 Å². The molecule has 1 aliphatic rings. The van der Waals surface area contributed by atoms with Gasteiger partial charge < -0.3 is 14.6 Å². The lowest BCUT2D eigenvalue weighted by Crippen LogP contribution is -2.07. The van der Waals surface area contributed by atoms with Gasteiger partial charge in [0.25, 0.3) is 6.29 Å². The first kappa shape index (κ1) is 10.7. The van der Waals surface area contributed by atoms with E-state index in [1.54, 1.807) is 6.07 Å². The van der Waals surface area contributed by atoms with Gasteiger partial charge in [0, 0.05) is 5.56 Å². The van der Waals surface area contributed by atoms with Crippen LogP contribution in [-0.4, -0.2) is 11.1 Å². The minimum Gasteiger partial charge on any atom is -0.478 e. The molecule has 0 amide bonds. The summed E-state index contributed by atoms with van der Waals surface area (Å²) in [5.41, 5.74) is 1.08. The van der Waals surface area contributed by atoms with Crippen LogP contribution in [-0.2, 0) is 0 Å². The van der Waals surface area contributed by atoms with Crippen molar-refractivity contribution in [3.05, 3.63) is 59.7 Å². The third-order valence-electron chi connectivity index (χ3n) is 2.73. The molecule has 1 aliphatic heterocycles. The zero-order valence-corrected chi connectivity index (χ0v) is 9.37. The molecular weight excluding hydrogens is 232 g/mol. The Labute approximate surface area is 103 Å². The van der Waals surface area contributed by atoms with Crippen molar-refractivity contribution in [3.63, 3.8) is 0 Å². The quantitative estimate of drug-likeness (QED) is 0.879. The maximum absolute atomic E-state index is 10.9. The van der Waals surface area contributed by atoms with Crippen LogP contribution in [0.1, 0.15) is 22.2 Å². The van der Waals surface area contributed by atoms with E-state index in [0.29, 0.717) is 11.5 Å².